The van der Waals surface area contributed by atoms with E-state index in [0.717, 1.165) is 37.7 Å². The van der Waals surface area contributed by atoms with Crippen LogP contribution < -0.4 is 10.2 Å². The van der Waals surface area contributed by atoms with Gasteiger partial charge in [0.2, 0.25) is 5.95 Å². The predicted molar refractivity (Wildman–Crippen MR) is 78.3 cm³/mol. The molecule has 0 bridgehead atoms. The zero-order chi connectivity index (χ0) is 13.6. The van der Waals surface area contributed by atoms with Crippen LogP contribution in [-0.4, -0.2) is 28.0 Å². The summed E-state index contributed by atoms with van der Waals surface area (Å²) in [6, 6.07) is 4.03. The van der Waals surface area contributed by atoms with E-state index in [9.17, 15) is 0 Å². The molecule has 3 rings (SSSR count). The molecule has 3 heterocycles. The van der Waals surface area contributed by atoms with Gasteiger partial charge in [-0.2, -0.15) is 0 Å². The Bertz CT molecular complexity index is 520. The third-order valence-electron chi connectivity index (χ3n) is 3.49. The highest BCUT2D eigenvalue weighted by molar-refractivity contribution is 5.30. The summed E-state index contributed by atoms with van der Waals surface area (Å²) in [5, 5.41) is 3.39. The SMILES string of the molecule is c1cc(CNCc2cnc(N3CCCC3)nc2)ccn1. The molecule has 0 aromatic carbocycles. The molecular weight excluding hydrogens is 250 g/mol. The Labute approximate surface area is 119 Å². The van der Waals surface area contributed by atoms with E-state index < -0.39 is 0 Å². The summed E-state index contributed by atoms with van der Waals surface area (Å²) in [6.07, 6.45) is 9.95. The van der Waals surface area contributed by atoms with Gasteiger partial charge in [0.1, 0.15) is 0 Å². The van der Waals surface area contributed by atoms with Gasteiger partial charge < -0.3 is 10.2 Å². The van der Waals surface area contributed by atoms with Gasteiger partial charge in [-0.1, -0.05) is 0 Å². The minimum Gasteiger partial charge on any atom is -0.341 e. The topological polar surface area (TPSA) is 53.9 Å². The molecule has 104 valence electrons. The Balaban J connectivity index is 1.50. The lowest BCUT2D eigenvalue weighted by Gasteiger charge is -2.14. The Hall–Kier alpha value is -2.01. The van der Waals surface area contributed by atoms with Crippen LogP contribution in [0.2, 0.25) is 0 Å². The summed E-state index contributed by atoms with van der Waals surface area (Å²) < 4.78 is 0. The van der Waals surface area contributed by atoms with E-state index in [4.69, 9.17) is 0 Å². The molecule has 0 spiro atoms. The molecular formula is C15H19N5. The van der Waals surface area contributed by atoms with Gasteiger partial charge in [-0.15, -0.1) is 0 Å². The lowest BCUT2D eigenvalue weighted by atomic mass is 10.2. The van der Waals surface area contributed by atoms with Crippen LogP contribution in [-0.2, 0) is 13.1 Å². The third-order valence-corrected chi connectivity index (χ3v) is 3.49. The second-order valence-corrected chi connectivity index (χ2v) is 5.04. The van der Waals surface area contributed by atoms with Crippen LogP contribution in [0.4, 0.5) is 5.95 Å². The summed E-state index contributed by atoms with van der Waals surface area (Å²) in [5.41, 5.74) is 2.34. The van der Waals surface area contributed by atoms with Crippen molar-refractivity contribution in [2.24, 2.45) is 0 Å². The number of nitrogens with zero attached hydrogens (tertiary/aromatic N) is 4. The van der Waals surface area contributed by atoms with Crippen LogP contribution in [0.3, 0.4) is 0 Å². The van der Waals surface area contributed by atoms with Gasteiger partial charge in [0.25, 0.3) is 0 Å². The normalized spacial score (nSPS) is 14.7. The Kier molecular flexibility index (Phi) is 4.18. The number of nitrogens with one attached hydrogen (secondary N) is 1. The van der Waals surface area contributed by atoms with Gasteiger partial charge in [0.05, 0.1) is 0 Å². The van der Waals surface area contributed by atoms with Crippen molar-refractivity contribution in [2.45, 2.75) is 25.9 Å². The summed E-state index contributed by atoms with van der Waals surface area (Å²) in [4.78, 5) is 15.2. The van der Waals surface area contributed by atoms with Gasteiger partial charge >= 0.3 is 0 Å². The highest BCUT2D eigenvalue weighted by Crippen LogP contribution is 2.14. The molecule has 1 saturated heterocycles. The van der Waals surface area contributed by atoms with Crippen LogP contribution in [0.5, 0.6) is 0 Å². The predicted octanol–water partition coefficient (Wildman–Crippen LogP) is 1.76. The number of pyridine rings is 1. The van der Waals surface area contributed by atoms with Crippen LogP contribution >= 0.6 is 0 Å². The average Bonchev–Trinajstić information content (AvgIpc) is 3.03. The molecule has 1 aliphatic heterocycles. The van der Waals surface area contributed by atoms with E-state index in [-0.39, 0.29) is 0 Å². The third kappa shape index (κ3) is 3.30. The maximum atomic E-state index is 4.45. The lowest BCUT2D eigenvalue weighted by molar-refractivity contribution is 0.687. The molecule has 5 heteroatoms. The number of anilines is 1. The van der Waals surface area contributed by atoms with Crippen molar-refractivity contribution < 1.29 is 0 Å². The highest BCUT2D eigenvalue weighted by Gasteiger charge is 2.14. The Morgan fingerprint density at radius 3 is 2.30 bits per heavy atom. The van der Waals surface area contributed by atoms with E-state index in [1.807, 2.05) is 36.9 Å². The minimum atomic E-state index is 0.780. The molecule has 0 atom stereocenters. The standard InChI is InChI=1S/C15H19N5/c1-2-8-20(7-1)15-18-11-14(12-19-15)10-17-9-13-3-5-16-6-4-13/h3-6,11-12,17H,1-2,7-10H2. The van der Waals surface area contributed by atoms with Crippen molar-refractivity contribution in [3.8, 4) is 0 Å². The molecule has 0 amide bonds. The number of hydrogen-bond acceptors (Lipinski definition) is 5. The fraction of sp³-hybridized carbons (Fsp3) is 0.400. The van der Waals surface area contributed by atoms with Gasteiger partial charge in [-0.3, -0.25) is 4.98 Å². The molecule has 0 aliphatic carbocycles. The van der Waals surface area contributed by atoms with Gasteiger partial charge in [-0.05, 0) is 30.5 Å². The Morgan fingerprint density at radius 1 is 0.950 bits per heavy atom. The second-order valence-electron chi connectivity index (χ2n) is 5.04. The smallest absolute Gasteiger partial charge is 0.225 e. The average molecular weight is 269 g/mol. The zero-order valence-corrected chi connectivity index (χ0v) is 11.5. The van der Waals surface area contributed by atoms with Crippen LogP contribution in [0, 0.1) is 0 Å². The zero-order valence-electron chi connectivity index (χ0n) is 11.5. The van der Waals surface area contributed by atoms with Crippen molar-refractivity contribution in [1.29, 1.82) is 0 Å². The van der Waals surface area contributed by atoms with E-state index in [2.05, 4.69) is 25.2 Å². The van der Waals surface area contributed by atoms with Crippen LogP contribution in [0.15, 0.2) is 36.9 Å². The van der Waals surface area contributed by atoms with Crippen molar-refractivity contribution >= 4 is 5.95 Å². The highest BCUT2D eigenvalue weighted by atomic mass is 15.3. The number of aromatic nitrogens is 3. The Morgan fingerprint density at radius 2 is 1.60 bits per heavy atom. The maximum absolute atomic E-state index is 4.45. The van der Waals surface area contributed by atoms with Crippen molar-refractivity contribution in [1.82, 2.24) is 20.3 Å². The monoisotopic (exact) mass is 269 g/mol. The fourth-order valence-corrected chi connectivity index (χ4v) is 2.37. The van der Waals surface area contributed by atoms with E-state index >= 15 is 0 Å². The molecule has 5 nitrogen and oxygen atoms in total. The molecule has 1 fully saturated rings. The quantitative estimate of drug-likeness (QED) is 0.896. The second kappa shape index (κ2) is 6.43. The van der Waals surface area contributed by atoms with E-state index in [1.54, 1.807) is 0 Å². The molecule has 0 radical (unpaired) electrons. The minimum absolute atomic E-state index is 0.780. The first kappa shape index (κ1) is 13.0. The first-order chi connectivity index (χ1) is 9.92. The first-order valence-electron chi connectivity index (χ1n) is 7.07. The molecule has 2 aromatic heterocycles. The molecule has 2 aromatic rings. The van der Waals surface area contributed by atoms with Gasteiger partial charge in [0.15, 0.2) is 0 Å². The summed E-state index contributed by atoms with van der Waals surface area (Å²) in [6.45, 7) is 3.78. The van der Waals surface area contributed by atoms with Gasteiger partial charge in [0, 0.05) is 56.5 Å². The number of hydrogen-bond donors (Lipinski definition) is 1. The first-order valence-corrected chi connectivity index (χ1v) is 7.07. The largest absolute Gasteiger partial charge is 0.341 e. The van der Waals surface area contributed by atoms with E-state index in [0.29, 0.717) is 0 Å². The van der Waals surface area contributed by atoms with Crippen LogP contribution in [0.25, 0.3) is 0 Å². The number of rotatable bonds is 5. The molecule has 1 N–H and O–H groups in total. The van der Waals surface area contributed by atoms with Crippen LogP contribution in [0.1, 0.15) is 24.0 Å². The van der Waals surface area contributed by atoms with Crippen molar-refractivity contribution in [2.75, 3.05) is 18.0 Å². The maximum Gasteiger partial charge on any atom is 0.225 e. The van der Waals surface area contributed by atoms with Crippen molar-refractivity contribution in [3.63, 3.8) is 0 Å². The van der Waals surface area contributed by atoms with E-state index in [1.165, 1.54) is 18.4 Å². The summed E-state index contributed by atoms with van der Waals surface area (Å²) in [7, 11) is 0. The molecule has 20 heavy (non-hydrogen) atoms. The van der Waals surface area contributed by atoms with Gasteiger partial charge in [-0.25, -0.2) is 9.97 Å². The van der Waals surface area contributed by atoms with Crippen molar-refractivity contribution in [3.05, 3.63) is 48.0 Å². The molecule has 0 saturated carbocycles. The fourth-order valence-electron chi connectivity index (χ4n) is 2.37. The molecule has 1 aliphatic rings. The summed E-state index contributed by atoms with van der Waals surface area (Å²) >= 11 is 0. The molecule has 0 unspecified atom stereocenters. The lowest BCUT2D eigenvalue weighted by Crippen LogP contribution is -2.20. The summed E-state index contributed by atoms with van der Waals surface area (Å²) in [5.74, 6) is 0.861.